The molecule has 2 rings (SSSR count). The average molecular weight is 349 g/mol. The summed E-state index contributed by atoms with van der Waals surface area (Å²) in [6, 6.07) is 13.9. The van der Waals surface area contributed by atoms with E-state index in [2.05, 4.69) is 0 Å². The van der Waals surface area contributed by atoms with Gasteiger partial charge in [-0.05, 0) is 55.8 Å². The fourth-order valence-electron chi connectivity index (χ4n) is 2.25. The third-order valence-corrected chi connectivity index (χ3v) is 5.30. The lowest BCUT2D eigenvalue weighted by atomic mass is 10.2. The molecule has 0 atom stereocenters. The molecule has 0 aromatic heterocycles. The molecule has 0 radical (unpaired) electrons. The van der Waals surface area contributed by atoms with Crippen LogP contribution < -0.4 is 9.47 Å². The largest absolute Gasteiger partial charge is 0.494 e. The lowest BCUT2D eigenvalue weighted by Gasteiger charge is -2.18. The van der Waals surface area contributed by atoms with Gasteiger partial charge in [-0.2, -0.15) is 4.31 Å². The van der Waals surface area contributed by atoms with E-state index < -0.39 is 10.0 Å². The molecular weight excluding hydrogens is 326 g/mol. The zero-order chi connectivity index (χ0) is 17.6. The first-order valence-electron chi connectivity index (χ1n) is 7.88. The van der Waals surface area contributed by atoms with Gasteiger partial charge in [-0.25, -0.2) is 8.42 Å². The maximum Gasteiger partial charge on any atom is 0.243 e. The van der Waals surface area contributed by atoms with Crippen LogP contribution in [-0.4, -0.2) is 33.0 Å². The Morgan fingerprint density at radius 3 is 1.75 bits per heavy atom. The molecule has 0 aliphatic heterocycles. The molecule has 6 heteroatoms. The molecule has 130 valence electrons. The van der Waals surface area contributed by atoms with Crippen molar-refractivity contribution in [1.29, 1.82) is 0 Å². The summed E-state index contributed by atoms with van der Waals surface area (Å²) in [4.78, 5) is 0.249. The third kappa shape index (κ3) is 4.49. The van der Waals surface area contributed by atoms with Crippen LogP contribution in [0.3, 0.4) is 0 Å². The highest BCUT2D eigenvalue weighted by atomic mass is 32.2. The normalized spacial score (nSPS) is 11.5. The number of ether oxygens (including phenoxy) is 2. The average Bonchev–Trinajstić information content (AvgIpc) is 2.57. The topological polar surface area (TPSA) is 55.8 Å². The highest BCUT2D eigenvalue weighted by Crippen LogP contribution is 2.21. The summed E-state index contributed by atoms with van der Waals surface area (Å²) in [5.41, 5.74) is 0.899. The van der Waals surface area contributed by atoms with Crippen LogP contribution in [0.4, 0.5) is 0 Å². The SMILES string of the molecule is CCOc1ccc(CN(C)S(=O)(=O)c2ccc(OCC)cc2)cc1. The van der Waals surface area contributed by atoms with Crippen molar-refractivity contribution in [2.75, 3.05) is 20.3 Å². The standard InChI is InChI=1S/C18H23NO4S/c1-4-22-16-8-6-15(7-9-16)14-19(3)24(20,21)18-12-10-17(11-13-18)23-5-2/h6-13H,4-5,14H2,1-3H3. The zero-order valence-corrected chi connectivity index (χ0v) is 15.0. The number of hydrogen-bond acceptors (Lipinski definition) is 4. The van der Waals surface area contributed by atoms with E-state index in [9.17, 15) is 8.42 Å². The summed E-state index contributed by atoms with van der Waals surface area (Å²) >= 11 is 0. The van der Waals surface area contributed by atoms with E-state index in [1.54, 1.807) is 31.3 Å². The van der Waals surface area contributed by atoms with E-state index in [4.69, 9.17) is 9.47 Å². The van der Waals surface area contributed by atoms with Crippen molar-refractivity contribution in [3.63, 3.8) is 0 Å². The first-order valence-corrected chi connectivity index (χ1v) is 9.32. The predicted molar refractivity (Wildman–Crippen MR) is 93.9 cm³/mol. The van der Waals surface area contributed by atoms with E-state index in [0.29, 0.717) is 25.5 Å². The molecule has 0 spiro atoms. The monoisotopic (exact) mass is 349 g/mol. The van der Waals surface area contributed by atoms with Crippen LogP contribution >= 0.6 is 0 Å². The summed E-state index contributed by atoms with van der Waals surface area (Å²) < 4.78 is 37.3. The molecule has 2 aromatic rings. The number of nitrogens with zero attached hydrogens (tertiary/aromatic N) is 1. The van der Waals surface area contributed by atoms with Gasteiger partial charge in [0.1, 0.15) is 11.5 Å². The van der Waals surface area contributed by atoms with Gasteiger partial charge in [0, 0.05) is 13.6 Å². The number of sulfonamides is 1. The van der Waals surface area contributed by atoms with Gasteiger partial charge >= 0.3 is 0 Å². The minimum atomic E-state index is -3.54. The van der Waals surface area contributed by atoms with Crippen molar-refractivity contribution in [2.45, 2.75) is 25.3 Å². The van der Waals surface area contributed by atoms with Gasteiger partial charge in [0.15, 0.2) is 0 Å². The molecule has 0 aliphatic carbocycles. The Kier molecular flexibility index (Phi) is 6.23. The Hall–Kier alpha value is -2.05. The Morgan fingerprint density at radius 1 is 0.833 bits per heavy atom. The number of hydrogen-bond donors (Lipinski definition) is 0. The molecule has 0 aliphatic rings. The van der Waals surface area contributed by atoms with Gasteiger partial charge in [-0.1, -0.05) is 12.1 Å². The number of benzene rings is 2. The van der Waals surface area contributed by atoms with E-state index >= 15 is 0 Å². The first-order chi connectivity index (χ1) is 11.5. The van der Waals surface area contributed by atoms with E-state index in [1.165, 1.54) is 4.31 Å². The van der Waals surface area contributed by atoms with E-state index in [1.807, 2.05) is 38.1 Å². The zero-order valence-electron chi connectivity index (χ0n) is 14.2. The van der Waals surface area contributed by atoms with Gasteiger partial charge in [0.2, 0.25) is 10.0 Å². The second kappa shape index (κ2) is 8.17. The minimum Gasteiger partial charge on any atom is -0.494 e. The Balaban J connectivity index is 2.10. The van der Waals surface area contributed by atoms with Crippen molar-refractivity contribution in [1.82, 2.24) is 4.31 Å². The van der Waals surface area contributed by atoms with Crippen molar-refractivity contribution >= 4 is 10.0 Å². The third-order valence-electron chi connectivity index (χ3n) is 3.48. The van der Waals surface area contributed by atoms with Gasteiger partial charge < -0.3 is 9.47 Å². The van der Waals surface area contributed by atoms with Crippen molar-refractivity contribution in [3.8, 4) is 11.5 Å². The highest BCUT2D eigenvalue weighted by Gasteiger charge is 2.20. The molecule has 0 bridgehead atoms. The van der Waals surface area contributed by atoms with Crippen LogP contribution in [0.1, 0.15) is 19.4 Å². The van der Waals surface area contributed by atoms with Gasteiger partial charge in [0.05, 0.1) is 18.1 Å². The summed E-state index contributed by atoms with van der Waals surface area (Å²) in [5, 5.41) is 0. The summed E-state index contributed by atoms with van der Waals surface area (Å²) in [6.07, 6.45) is 0. The molecule has 24 heavy (non-hydrogen) atoms. The Bertz CT molecular complexity index is 740. The fourth-order valence-corrected chi connectivity index (χ4v) is 3.41. The van der Waals surface area contributed by atoms with Crippen LogP contribution in [0, 0.1) is 0 Å². The van der Waals surface area contributed by atoms with E-state index in [0.717, 1.165) is 11.3 Å². The summed E-state index contributed by atoms with van der Waals surface area (Å²) in [6.45, 7) is 5.25. The second-order valence-electron chi connectivity index (χ2n) is 5.24. The lowest BCUT2D eigenvalue weighted by Crippen LogP contribution is -2.26. The molecule has 0 saturated heterocycles. The first kappa shape index (κ1) is 18.3. The molecule has 0 saturated carbocycles. The predicted octanol–water partition coefficient (Wildman–Crippen LogP) is 3.30. The van der Waals surface area contributed by atoms with Crippen LogP contribution in [0.15, 0.2) is 53.4 Å². The van der Waals surface area contributed by atoms with Crippen molar-refractivity contribution < 1.29 is 17.9 Å². The van der Waals surface area contributed by atoms with Crippen LogP contribution in [0.5, 0.6) is 11.5 Å². The molecule has 2 aromatic carbocycles. The molecule has 5 nitrogen and oxygen atoms in total. The van der Waals surface area contributed by atoms with Gasteiger partial charge in [-0.3, -0.25) is 0 Å². The maximum atomic E-state index is 12.6. The molecule has 0 fully saturated rings. The van der Waals surface area contributed by atoms with Crippen molar-refractivity contribution in [3.05, 3.63) is 54.1 Å². The Labute approximate surface area is 143 Å². The van der Waals surface area contributed by atoms with Crippen LogP contribution in [0.2, 0.25) is 0 Å². The fraction of sp³-hybridized carbons (Fsp3) is 0.333. The molecule has 0 unspecified atom stereocenters. The van der Waals surface area contributed by atoms with Gasteiger partial charge in [0.25, 0.3) is 0 Å². The van der Waals surface area contributed by atoms with E-state index in [-0.39, 0.29) is 4.90 Å². The van der Waals surface area contributed by atoms with Crippen molar-refractivity contribution in [2.24, 2.45) is 0 Å². The van der Waals surface area contributed by atoms with Crippen LogP contribution in [0.25, 0.3) is 0 Å². The summed E-state index contributed by atoms with van der Waals surface area (Å²) in [5.74, 6) is 1.43. The highest BCUT2D eigenvalue weighted by molar-refractivity contribution is 7.89. The molecule has 0 heterocycles. The minimum absolute atomic E-state index is 0.249. The van der Waals surface area contributed by atoms with Crippen LogP contribution in [-0.2, 0) is 16.6 Å². The molecule has 0 amide bonds. The van der Waals surface area contributed by atoms with Gasteiger partial charge in [-0.15, -0.1) is 0 Å². The quantitative estimate of drug-likeness (QED) is 0.734. The molecule has 0 N–H and O–H groups in total. The lowest BCUT2D eigenvalue weighted by molar-refractivity contribution is 0.340. The summed E-state index contributed by atoms with van der Waals surface area (Å²) in [7, 11) is -1.97. The smallest absolute Gasteiger partial charge is 0.243 e. The molecular formula is C18H23NO4S. The maximum absolute atomic E-state index is 12.6. The second-order valence-corrected chi connectivity index (χ2v) is 7.29. The Morgan fingerprint density at radius 2 is 1.29 bits per heavy atom. The number of rotatable bonds is 8.